The van der Waals surface area contributed by atoms with Gasteiger partial charge in [-0.2, -0.15) is 0 Å². The average molecular weight is 318 g/mol. The van der Waals surface area contributed by atoms with Crippen molar-refractivity contribution >= 4 is 11.7 Å². The molecule has 0 aromatic carbocycles. The zero-order chi connectivity index (χ0) is 17.0. The zero-order valence-electron chi connectivity index (χ0n) is 14.1. The monoisotopic (exact) mass is 318 g/mol. The number of methoxy groups -OCH3 is 1. The maximum absolute atomic E-state index is 12.0. The number of nitrogens with one attached hydrogen (secondary N) is 2. The number of hydrogen-bond acceptors (Lipinski definition) is 5. The summed E-state index contributed by atoms with van der Waals surface area (Å²) in [5.74, 6) is 1.41. The topological polar surface area (TPSA) is 89.3 Å². The van der Waals surface area contributed by atoms with Crippen molar-refractivity contribution < 1.29 is 14.1 Å². The second-order valence-corrected chi connectivity index (χ2v) is 5.46. The van der Waals surface area contributed by atoms with Crippen LogP contribution in [0.4, 0.5) is 10.5 Å². The van der Waals surface area contributed by atoms with Crippen LogP contribution in [0.5, 0.6) is 5.88 Å². The van der Waals surface area contributed by atoms with Gasteiger partial charge in [0.2, 0.25) is 5.88 Å². The molecular formula is C16H22N4O3. The van der Waals surface area contributed by atoms with E-state index in [4.69, 9.17) is 9.26 Å². The van der Waals surface area contributed by atoms with Crippen LogP contribution in [0.25, 0.3) is 0 Å². The Balaban J connectivity index is 1.93. The maximum atomic E-state index is 12.0. The Hall–Kier alpha value is -2.57. The van der Waals surface area contributed by atoms with Crippen molar-refractivity contribution in [1.82, 2.24) is 15.5 Å². The number of amides is 2. The van der Waals surface area contributed by atoms with Gasteiger partial charge in [0, 0.05) is 24.1 Å². The molecule has 1 atom stereocenters. The van der Waals surface area contributed by atoms with Crippen molar-refractivity contribution in [3.63, 3.8) is 0 Å². The van der Waals surface area contributed by atoms with Gasteiger partial charge in [-0.05, 0) is 26.8 Å². The van der Waals surface area contributed by atoms with Crippen LogP contribution in [0.2, 0.25) is 0 Å². The molecule has 0 bridgehead atoms. The lowest BCUT2D eigenvalue weighted by Gasteiger charge is -2.14. The van der Waals surface area contributed by atoms with Crippen LogP contribution in [0, 0.1) is 20.8 Å². The number of carbonyl (C=O) groups is 1. The molecular weight excluding hydrogens is 296 g/mol. The first-order valence-electron chi connectivity index (χ1n) is 7.41. The fraction of sp³-hybridized carbons (Fsp3) is 0.438. The fourth-order valence-electron chi connectivity index (χ4n) is 2.49. The number of ether oxygens (including phenoxy) is 1. The quantitative estimate of drug-likeness (QED) is 0.884. The van der Waals surface area contributed by atoms with Gasteiger partial charge in [-0.3, -0.25) is 0 Å². The normalized spacial score (nSPS) is 11.9. The lowest BCUT2D eigenvalue weighted by Crippen LogP contribution is -2.32. The largest absolute Gasteiger partial charge is 0.481 e. The molecule has 2 heterocycles. The van der Waals surface area contributed by atoms with Gasteiger partial charge in [0.05, 0.1) is 24.2 Å². The van der Waals surface area contributed by atoms with Crippen LogP contribution in [0.3, 0.4) is 0 Å². The highest BCUT2D eigenvalue weighted by atomic mass is 16.5. The number of aromatic nitrogens is 2. The summed E-state index contributed by atoms with van der Waals surface area (Å²) < 4.78 is 10.2. The van der Waals surface area contributed by atoms with E-state index < -0.39 is 0 Å². The van der Waals surface area contributed by atoms with E-state index in [0.29, 0.717) is 23.8 Å². The molecule has 2 rings (SSSR count). The van der Waals surface area contributed by atoms with Crippen LogP contribution in [0.15, 0.2) is 16.7 Å². The summed E-state index contributed by atoms with van der Waals surface area (Å²) >= 11 is 0. The second kappa shape index (κ2) is 7.13. The molecule has 0 aliphatic heterocycles. The Morgan fingerprint density at radius 3 is 2.61 bits per heavy atom. The SMILES string of the molecule is COc1ccc(NC(=O)NCC(C)c2c(C)noc2C)c(C)n1. The maximum Gasteiger partial charge on any atom is 0.319 e. The van der Waals surface area contributed by atoms with E-state index in [0.717, 1.165) is 17.0 Å². The molecule has 2 aromatic heterocycles. The second-order valence-electron chi connectivity index (χ2n) is 5.46. The van der Waals surface area contributed by atoms with E-state index in [-0.39, 0.29) is 11.9 Å². The molecule has 2 amide bonds. The molecule has 2 aromatic rings. The minimum atomic E-state index is -0.279. The minimum absolute atomic E-state index is 0.113. The van der Waals surface area contributed by atoms with Crippen LogP contribution < -0.4 is 15.4 Å². The van der Waals surface area contributed by atoms with Gasteiger partial charge >= 0.3 is 6.03 Å². The first-order chi connectivity index (χ1) is 10.9. The predicted molar refractivity (Wildman–Crippen MR) is 86.9 cm³/mol. The molecule has 124 valence electrons. The van der Waals surface area contributed by atoms with E-state index >= 15 is 0 Å². The summed E-state index contributed by atoms with van der Waals surface area (Å²) in [6.07, 6.45) is 0. The van der Waals surface area contributed by atoms with E-state index in [9.17, 15) is 4.79 Å². The third-order valence-corrected chi connectivity index (χ3v) is 3.67. The molecule has 1 unspecified atom stereocenters. The number of anilines is 1. The van der Waals surface area contributed by atoms with Gasteiger partial charge in [0.25, 0.3) is 0 Å². The number of nitrogens with zero attached hydrogens (tertiary/aromatic N) is 2. The Labute approximate surface area is 135 Å². The summed E-state index contributed by atoms with van der Waals surface area (Å²) in [7, 11) is 1.55. The van der Waals surface area contributed by atoms with Crippen molar-refractivity contribution in [2.24, 2.45) is 0 Å². The lowest BCUT2D eigenvalue weighted by molar-refractivity contribution is 0.251. The third kappa shape index (κ3) is 4.00. The third-order valence-electron chi connectivity index (χ3n) is 3.67. The number of urea groups is 1. The highest BCUT2D eigenvalue weighted by Crippen LogP contribution is 2.22. The predicted octanol–water partition coefficient (Wildman–Crippen LogP) is 2.93. The van der Waals surface area contributed by atoms with Crippen molar-refractivity contribution in [2.45, 2.75) is 33.6 Å². The molecule has 0 spiro atoms. The Kier molecular flexibility index (Phi) is 5.20. The number of hydrogen-bond donors (Lipinski definition) is 2. The molecule has 0 aliphatic rings. The highest BCUT2D eigenvalue weighted by Gasteiger charge is 2.17. The molecule has 0 fully saturated rings. The van der Waals surface area contributed by atoms with Crippen molar-refractivity contribution in [2.75, 3.05) is 19.0 Å². The van der Waals surface area contributed by atoms with E-state index in [1.807, 2.05) is 27.7 Å². The number of carbonyl (C=O) groups excluding carboxylic acids is 1. The summed E-state index contributed by atoms with van der Waals surface area (Å²) in [5.41, 5.74) is 3.23. The van der Waals surface area contributed by atoms with Crippen LogP contribution in [0.1, 0.15) is 35.6 Å². The summed E-state index contributed by atoms with van der Waals surface area (Å²) in [6.45, 7) is 8.09. The molecule has 0 saturated heterocycles. The smallest absolute Gasteiger partial charge is 0.319 e. The number of rotatable bonds is 5. The summed E-state index contributed by atoms with van der Waals surface area (Å²) in [5, 5.41) is 9.57. The number of pyridine rings is 1. The molecule has 2 N–H and O–H groups in total. The van der Waals surface area contributed by atoms with Gasteiger partial charge in [-0.1, -0.05) is 12.1 Å². The molecule has 7 nitrogen and oxygen atoms in total. The van der Waals surface area contributed by atoms with Crippen molar-refractivity contribution in [3.8, 4) is 5.88 Å². The van der Waals surface area contributed by atoms with E-state index in [1.165, 1.54) is 0 Å². The molecule has 7 heteroatoms. The first-order valence-corrected chi connectivity index (χ1v) is 7.41. The summed E-state index contributed by atoms with van der Waals surface area (Å²) in [6, 6.07) is 3.19. The van der Waals surface area contributed by atoms with E-state index in [1.54, 1.807) is 19.2 Å². The van der Waals surface area contributed by atoms with E-state index in [2.05, 4.69) is 20.8 Å². The highest BCUT2D eigenvalue weighted by molar-refractivity contribution is 5.89. The van der Waals surface area contributed by atoms with Crippen LogP contribution >= 0.6 is 0 Å². The van der Waals surface area contributed by atoms with Gasteiger partial charge < -0.3 is 19.9 Å². The minimum Gasteiger partial charge on any atom is -0.481 e. The number of aryl methyl sites for hydroxylation is 3. The Bertz CT molecular complexity index is 677. The van der Waals surface area contributed by atoms with Gasteiger partial charge in [0.1, 0.15) is 5.76 Å². The standard InChI is InChI=1S/C16H22N4O3/c1-9(15-11(3)20-23-12(15)4)8-17-16(21)19-13-6-7-14(22-5)18-10(13)2/h6-7,9H,8H2,1-5H3,(H2,17,19,21). The lowest BCUT2D eigenvalue weighted by atomic mass is 10.00. The molecule has 0 radical (unpaired) electrons. The van der Waals surface area contributed by atoms with Gasteiger partial charge in [0.15, 0.2) is 0 Å². The van der Waals surface area contributed by atoms with Crippen LogP contribution in [-0.2, 0) is 0 Å². The Morgan fingerprint density at radius 1 is 1.30 bits per heavy atom. The van der Waals surface area contributed by atoms with Gasteiger partial charge in [-0.15, -0.1) is 0 Å². The Morgan fingerprint density at radius 2 is 2.04 bits per heavy atom. The average Bonchev–Trinajstić information content (AvgIpc) is 2.86. The fourth-order valence-corrected chi connectivity index (χ4v) is 2.49. The van der Waals surface area contributed by atoms with Crippen molar-refractivity contribution in [3.05, 3.63) is 34.8 Å². The van der Waals surface area contributed by atoms with Gasteiger partial charge in [-0.25, -0.2) is 9.78 Å². The van der Waals surface area contributed by atoms with Crippen LogP contribution in [-0.4, -0.2) is 29.8 Å². The zero-order valence-corrected chi connectivity index (χ0v) is 14.1. The molecule has 0 aliphatic carbocycles. The molecule has 23 heavy (non-hydrogen) atoms. The first kappa shape index (κ1) is 16.8. The van der Waals surface area contributed by atoms with Crippen molar-refractivity contribution in [1.29, 1.82) is 0 Å². The summed E-state index contributed by atoms with van der Waals surface area (Å²) in [4.78, 5) is 16.3. The molecule has 0 saturated carbocycles.